The average molecular weight is 432 g/mol. The van der Waals surface area contributed by atoms with Crippen LogP contribution in [0.25, 0.3) is 0 Å². The molecule has 164 valence electrons. The molecule has 4 saturated carbocycles. The first-order valence-corrected chi connectivity index (χ1v) is 13.0. The number of amides is 1. The number of rotatable bonds is 6. The molecule has 0 spiro atoms. The second-order valence-electron chi connectivity index (χ2n) is 9.85. The van der Waals surface area contributed by atoms with Gasteiger partial charge in [0.1, 0.15) is 0 Å². The molecule has 4 aliphatic carbocycles. The smallest absolute Gasteiger partial charge is 0.282 e. The summed E-state index contributed by atoms with van der Waals surface area (Å²) in [6.45, 7) is 1.37. The van der Waals surface area contributed by atoms with Gasteiger partial charge in [0.2, 0.25) is 5.91 Å². The summed E-state index contributed by atoms with van der Waals surface area (Å²) < 4.78 is 29.1. The lowest BCUT2D eigenvalue weighted by molar-refractivity contribution is -0.125. The van der Waals surface area contributed by atoms with E-state index in [1.807, 2.05) is 30.3 Å². The predicted octanol–water partition coefficient (Wildman–Crippen LogP) is 2.42. The summed E-state index contributed by atoms with van der Waals surface area (Å²) >= 11 is 0. The largest absolute Gasteiger partial charge is 0.352 e. The number of benzene rings is 1. The molecule has 1 N–H and O–H groups in total. The fourth-order valence-electron chi connectivity index (χ4n) is 6.66. The van der Waals surface area contributed by atoms with Crippen LogP contribution in [0.5, 0.6) is 0 Å². The molecule has 30 heavy (non-hydrogen) atoms. The van der Waals surface area contributed by atoms with E-state index in [-0.39, 0.29) is 18.5 Å². The molecule has 1 heterocycles. The Morgan fingerprint density at radius 1 is 0.933 bits per heavy atom. The van der Waals surface area contributed by atoms with Gasteiger partial charge in [0.25, 0.3) is 10.2 Å². The van der Waals surface area contributed by atoms with Gasteiger partial charge in [-0.1, -0.05) is 30.3 Å². The second-order valence-corrected chi connectivity index (χ2v) is 11.8. The molecule has 1 aromatic carbocycles. The van der Waals surface area contributed by atoms with Gasteiger partial charge < -0.3 is 5.32 Å². The van der Waals surface area contributed by atoms with Crippen molar-refractivity contribution < 1.29 is 13.2 Å². The molecule has 6 nitrogen and oxygen atoms in total. The van der Waals surface area contributed by atoms with Crippen LogP contribution in [0.2, 0.25) is 0 Å². The predicted molar refractivity (Wildman–Crippen MR) is 116 cm³/mol. The van der Waals surface area contributed by atoms with E-state index in [1.54, 1.807) is 4.31 Å². The summed E-state index contributed by atoms with van der Waals surface area (Å²) in [5.41, 5.74) is 1.13. The van der Waals surface area contributed by atoms with Crippen molar-refractivity contribution >= 4 is 16.1 Å². The highest BCUT2D eigenvalue weighted by Crippen LogP contribution is 2.53. The van der Waals surface area contributed by atoms with Crippen molar-refractivity contribution in [1.29, 1.82) is 0 Å². The lowest BCUT2D eigenvalue weighted by Crippen LogP contribution is -2.58. The lowest BCUT2D eigenvalue weighted by atomic mass is 9.54. The van der Waals surface area contributed by atoms with Crippen molar-refractivity contribution in [1.82, 2.24) is 13.9 Å². The van der Waals surface area contributed by atoms with Crippen LogP contribution in [-0.2, 0) is 21.4 Å². The van der Waals surface area contributed by atoms with Gasteiger partial charge in [-0.3, -0.25) is 4.79 Å². The Morgan fingerprint density at radius 3 is 2.23 bits per heavy atom. The molecular weight excluding hydrogens is 398 g/mol. The van der Waals surface area contributed by atoms with E-state index in [9.17, 15) is 13.2 Å². The Hall–Kier alpha value is -1.44. The highest BCUT2D eigenvalue weighted by molar-refractivity contribution is 7.86. The second kappa shape index (κ2) is 8.24. The molecule has 0 radical (unpaired) electrons. The van der Waals surface area contributed by atoms with E-state index in [4.69, 9.17) is 0 Å². The average Bonchev–Trinajstić information content (AvgIpc) is 2.71. The molecule has 4 bridgehead atoms. The Bertz CT molecular complexity index is 845. The molecule has 1 aromatic rings. The quantitative estimate of drug-likeness (QED) is 0.752. The van der Waals surface area contributed by atoms with E-state index in [0.29, 0.717) is 37.9 Å². The van der Waals surface area contributed by atoms with Crippen LogP contribution in [0.1, 0.15) is 44.1 Å². The fourth-order valence-corrected chi connectivity index (χ4v) is 8.30. The third-order valence-electron chi connectivity index (χ3n) is 7.83. The van der Waals surface area contributed by atoms with Gasteiger partial charge in [0.15, 0.2) is 0 Å². The summed E-state index contributed by atoms with van der Waals surface area (Å²) in [5, 5.41) is 3.26. The van der Waals surface area contributed by atoms with Crippen LogP contribution in [0.3, 0.4) is 0 Å². The van der Waals surface area contributed by atoms with E-state index in [0.717, 1.165) is 23.8 Å². The summed E-state index contributed by atoms with van der Waals surface area (Å²) in [7, 11) is -3.58. The van der Waals surface area contributed by atoms with Crippen molar-refractivity contribution in [2.24, 2.45) is 23.7 Å². The first kappa shape index (κ1) is 20.5. The summed E-state index contributed by atoms with van der Waals surface area (Å²) in [4.78, 5) is 12.8. The summed E-state index contributed by atoms with van der Waals surface area (Å²) in [6.07, 6.45) is 7.81. The molecule has 1 amide bonds. The van der Waals surface area contributed by atoms with Gasteiger partial charge in [0.05, 0.1) is 6.54 Å². The Labute approximate surface area is 180 Å². The molecule has 1 saturated heterocycles. The zero-order chi connectivity index (χ0) is 20.7. The molecule has 0 atom stereocenters. The zero-order valence-electron chi connectivity index (χ0n) is 17.6. The van der Waals surface area contributed by atoms with E-state index < -0.39 is 10.2 Å². The van der Waals surface area contributed by atoms with Crippen LogP contribution in [0.4, 0.5) is 0 Å². The maximum Gasteiger partial charge on any atom is 0.282 e. The summed E-state index contributed by atoms with van der Waals surface area (Å²) in [6, 6.07) is 10.2. The first-order chi connectivity index (χ1) is 14.5. The van der Waals surface area contributed by atoms with Crippen LogP contribution in [0.15, 0.2) is 30.3 Å². The van der Waals surface area contributed by atoms with Gasteiger partial charge in [-0.2, -0.15) is 17.0 Å². The number of hydrogen-bond acceptors (Lipinski definition) is 3. The van der Waals surface area contributed by atoms with Crippen LogP contribution in [-0.4, -0.2) is 55.2 Å². The number of nitrogens with zero attached hydrogens (tertiary/aromatic N) is 2. The lowest BCUT2D eigenvalue weighted by Gasteiger charge is -2.54. The maximum atomic E-state index is 13.1. The monoisotopic (exact) mass is 431 g/mol. The van der Waals surface area contributed by atoms with E-state index in [2.05, 4.69) is 5.32 Å². The highest BCUT2D eigenvalue weighted by atomic mass is 32.2. The molecule has 5 aliphatic rings. The zero-order valence-corrected chi connectivity index (χ0v) is 18.4. The minimum Gasteiger partial charge on any atom is -0.352 e. The molecular formula is C23H33N3O3S. The van der Waals surface area contributed by atoms with E-state index >= 15 is 0 Å². The molecule has 5 fully saturated rings. The standard InChI is InChI=1S/C23H33N3O3S/c27-22(24-23-20-12-18-11-19(14-20)15-21(23)13-18)16-26-9-4-8-25(30(26,28)29)10-7-17-5-2-1-3-6-17/h1-3,5-6,18-21,23H,4,7-16H2,(H,24,27). The van der Waals surface area contributed by atoms with Crippen molar-refractivity contribution in [3.8, 4) is 0 Å². The number of carbonyl (C=O) groups is 1. The highest BCUT2D eigenvalue weighted by Gasteiger charge is 2.48. The van der Waals surface area contributed by atoms with Gasteiger partial charge in [-0.15, -0.1) is 0 Å². The molecule has 1 aliphatic heterocycles. The number of hydrogen-bond donors (Lipinski definition) is 1. The van der Waals surface area contributed by atoms with Gasteiger partial charge in [-0.25, -0.2) is 0 Å². The van der Waals surface area contributed by atoms with E-state index in [1.165, 1.54) is 36.4 Å². The maximum absolute atomic E-state index is 13.1. The normalized spacial score (nSPS) is 35.4. The molecule has 7 heteroatoms. The van der Waals surface area contributed by atoms with Gasteiger partial charge in [-0.05, 0) is 74.2 Å². The number of nitrogens with one attached hydrogen (secondary N) is 1. The Morgan fingerprint density at radius 2 is 1.57 bits per heavy atom. The Kier molecular flexibility index (Phi) is 5.62. The van der Waals surface area contributed by atoms with Crippen molar-refractivity contribution in [2.75, 3.05) is 26.2 Å². The number of carbonyl (C=O) groups excluding carboxylic acids is 1. The fraction of sp³-hybridized carbons (Fsp3) is 0.696. The minimum atomic E-state index is -3.58. The van der Waals surface area contributed by atoms with Crippen LogP contribution < -0.4 is 5.32 Å². The van der Waals surface area contributed by atoms with Crippen LogP contribution >= 0.6 is 0 Å². The first-order valence-electron chi connectivity index (χ1n) is 11.6. The molecule has 6 rings (SSSR count). The van der Waals surface area contributed by atoms with Crippen molar-refractivity contribution in [3.63, 3.8) is 0 Å². The Balaban J connectivity index is 1.18. The minimum absolute atomic E-state index is 0.0486. The van der Waals surface area contributed by atoms with Crippen LogP contribution in [0, 0.1) is 23.7 Å². The third-order valence-corrected chi connectivity index (χ3v) is 9.82. The molecule has 0 aromatic heterocycles. The summed E-state index contributed by atoms with van der Waals surface area (Å²) in [5.74, 6) is 2.81. The van der Waals surface area contributed by atoms with Crippen molar-refractivity contribution in [3.05, 3.63) is 35.9 Å². The van der Waals surface area contributed by atoms with Gasteiger partial charge in [0, 0.05) is 25.7 Å². The molecule has 0 unspecified atom stereocenters. The third kappa shape index (κ3) is 4.04. The SMILES string of the molecule is O=C(CN1CCCN(CCc2ccccc2)S1(=O)=O)NC1C2CC3CC(C2)CC1C3. The topological polar surface area (TPSA) is 69.7 Å². The van der Waals surface area contributed by atoms with Gasteiger partial charge >= 0.3 is 0 Å². The van der Waals surface area contributed by atoms with Crippen molar-refractivity contribution in [2.45, 2.75) is 51.0 Å².